The number of thiophene rings is 1. The summed E-state index contributed by atoms with van der Waals surface area (Å²) in [6.45, 7) is 3.40. The van der Waals surface area contributed by atoms with Crippen molar-refractivity contribution >= 4 is 37.5 Å². The maximum absolute atomic E-state index is 13.1. The van der Waals surface area contributed by atoms with E-state index in [-0.39, 0.29) is 11.7 Å². The van der Waals surface area contributed by atoms with Crippen LogP contribution in [-0.4, -0.2) is 38.8 Å². The highest BCUT2D eigenvalue weighted by Crippen LogP contribution is 2.37. The number of hydrogen-bond acceptors (Lipinski definition) is 6. The van der Waals surface area contributed by atoms with Gasteiger partial charge in [-0.3, -0.25) is 9.36 Å². The van der Waals surface area contributed by atoms with Crippen LogP contribution in [0.15, 0.2) is 47.7 Å². The Bertz CT molecular complexity index is 1210. The molecule has 0 spiro atoms. The van der Waals surface area contributed by atoms with Gasteiger partial charge in [-0.25, -0.2) is 9.97 Å². The number of aliphatic hydroxyl groups excluding tert-OH is 1. The highest BCUT2D eigenvalue weighted by atomic mass is 32.1. The first-order chi connectivity index (χ1) is 13.1. The van der Waals surface area contributed by atoms with Crippen LogP contribution in [0.25, 0.3) is 26.1 Å². The third-order valence-corrected chi connectivity index (χ3v) is 6.15. The minimum atomic E-state index is -0.315. The zero-order chi connectivity index (χ0) is 18.5. The Morgan fingerprint density at radius 2 is 2.00 bits per heavy atom. The minimum Gasteiger partial charge on any atom is -0.391 e. The summed E-state index contributed by atoms with van der Waals surface area (Å²) in [5.41, 5.74) is 3.53. The van der Waals surface area contributed by atoms with Crippen LogP contribution >= 0.6 is 11.3 Å². The van der Waals surface area contributed by atoms with E-state index in [0.717, 1.165) is 40.1 Å². The highest BCUT2D eigenvalue weighted by molar-refractivity contribution is 7.25. The van der Waals surface area contributed by atoms with E-state index in [2.05, 4.69) is 14.9 Å². The number of aromatic nitrogens is 3. The van der Waals surface area contributed by atoms with Crippen molar-refractivity contribution in [2.45, 2.75) is 19.4 Å². The summed E-state index contributed by atoms with van der Waals surface area (Å²) in [6, 6.07) is 9.75. The molecule has 136 valence electrons. The molecule has 6 nitrogen and oxygen atoms in total. The first-order valence-corrected chi connectivity index (χ1v) is 9.72. The van der Waals surface area contributed by atoms with Crippen molar-refractivity contribution < 1.29 is 5.11 Å². The second kappa shape index (κ2) is 6.14. The first kappa shape index (κ1) is 16.4. The number of hydrogen-bond donors (Lipinski definition) is 1. The molecule has 4 heterocycles. The van der Waals surface area contributed by atoms with Crippen molar-refractivity contribution in [3.63, 3.8) is 0 Å². The van der Waals surface area contributed by atoms with E-state index in [0.29, 0.717) is 16.8 Å². The van der Waals surface area contributed by atoms with Gasteiger partial charge in [0.25, 0.3) is 5.56 Å². The lowest BCUT2D eigenvalue weighted by Gasteiger charge is -2.18. The van der Waals surface area contributed by atoms with Crippen molar-refractivity contribution in [1.82, 2.24) is 14.5 Å². The van der Waals surface area contributed by atoms with Crippen LogP contribution in [0.1, 0.15) is 12.0 Å². The molecule has 7 heteroatoms. The molecule has 27 heavy (non-hydrogen) atoms. The Morgan fingerprint density at radius 3 is 2.74 bits per heavy atom. The number of nitrogens with zero attached hydrogens (tertiary/aromatic N) is 4. The highest BCUT2D eigenvalue weighted by Gasteiger charge is 2.24. The van der Waals surface area contributed by atoms with Gasteiger partial charge in [-0.15, -0.1) is 11.3 Å². The SMILES string of the molecule is Cc1ccc(-n2cnc3c(sc4nccc(N5CC[C@@H](O)C5)c43)c2=O)cc1. The van der Waals surface area contributed by atoms with Crippen molar-refractivity contribution in [3.8, 4) is 5.69 Å². The van der Waals surface area contributed by atoms with Crippen LogP contribution in [0.5, 0.6) is 0 Å². The minimum absolute atomic E-state index is 0.0840. The number of fused-ring (bicyclic) bond motifs is 3. The topological polar surface area (TPSA) is 71.2 Å². The quantitative estimate of drug-likeness (QED) is 0.581. The lowest BCUT2D eigenvalue weighted by molar-refractivity contribution is 0.198. The third kappa shape index (κ3) is 2.62. The molecule has 0 unspecified atom stereocenters. The van der Waals surface area contributed by atoms with Crippen LogP contribution in [0.3, 0.4) is 0 Å². The Kier molecular flexibility index (Phi) is 3.73. The van der Waals surface area contributed by atoms with E-state index in [1.807, 2.05) is 37.3 Å². The molecule has 1 aliphatic heterocycles. The summed E-state index contributed by atoms with van der Waals surface area (Å²) in [5, 5.41) is 10.8. The molecule has 3 aromatic heterocycles. The largest absolute Gasteiger partial charge is 0.391 e. The van der Waals surface area contributed by atoms with Crippen LogP contribution in [0.4, 0.5) is 5.69 Å². The van der Waals surface area contributed by atoms with Crippen LogP contribution in [-0.2, 0) is 0 Å². The van der Waals surface area contributed by atoms with Crippen molar-refractivity contribution in [1.29, 1.82) is 0 Å². The maximum Gasteiger partial charge on any atom is 0.275 e. The Balaban J connectivity index is 1.73. The molecule has 0 aliphatic carbocycles. The molecule has 0 amide bonds. The van der Waals surface area contributed by atoms with Gasteiger partial charge in [0.2, 0.25) is 0 Å². The lowest BCUT2D eigenvalue weighted by atomic mass is 10.2. The van der Waals surface area contributed by atoms with E-state index in [4.69, 9.17) is 0 Å². The molecule has 0 saturated carbocycles. The maximum atomic E-state index is 13.1. The number of anilines is 1. The fourth-order valence-electron chi connectivity index (χ4n) is 3.65. The van der Waals surface area contributed by atoms with Gasteiger partial charge in [0.1, 0.15) is 21.4 Å². The summed E-state index contributed by atoms with van der Waals surface area (Å²) < 4.78 is 2.18. The van der Waals surface area contributed by atoms with Crippen molar-refractivity contribution in [2.75, 3.05) is 18.0 Å². The lowest BCUT2D eigenvalue weighted by Crippen LogP contribution is -2.21. The van der Waals surface area contributed by atoms with Crippen LogP contribution < -0.4 is 10.5 Å². The number of pyridine rings is 1. The van der Waals surface area contributed by atoms with E-state index < -0.39 is 0 Å². The Hall–Kier alpha value is -2.77. The molecule has 1 aromatic carbocycles. The number of aliphatic hydroxyl groups is 1. The van der Waals surface area contributed by atoms with Gasteiger partial charge in [-0.2, -0.15) is 0 Å². The molecular formula is C20H18N4O2S. The van der Waals surface area contributed by atoms with E-state index in [9.17, 15) is 9.90 Å². The normalized spacial score (nSPS) is 17.3. The van der Waals surface area contributed by atoms with Crippen LogP contribution in [0, 0.1) is 6.92 Å². The molecule has 5 rings (SSSR count). The average molecular weight is 378 g/mol. The molecular weight excluding hydrogens is 360 g/mol. The zero-order valence-corrected chi connectivity index (χ0v) is 15.6. The van der Waals surface area contributed by atoms with Gasteiger partial charge in [0, 0.05) is 19.3 Å². The van der Waals surface area contributed by atoms with Gasteiger partial charge in [0.15, 0.2) is 0 Å². The summed E-state index contributed by atoms with van der Waals surface area (Å²) in [6.07, 6.45) is 3.79. The van der Waals surface area contributed by atoms with Gasteiger partial charge in [-0.1, -0.05) is 17.7 Å². The molecule has 0 radical (unpaired) electrons. The molecule has 1 saturated heterocycles. The van der Waals surface area contributed by atoms with Gasteiger partial charge in [-0.05, 0) is 31.5 Å². The summed E-state index contributed by atoms with van der Waals surface area (Å²) >= 11 is 1.38. The summed E-state index contributed by atoms with van der Waals surface area (Å²) in [5.74, 6) is 0. The van der Waals surface area contributed by atoms with E-state index in [1.165, 1.54) is 11.3 Å². The van der Waals surface area contributed by atoms with E-state index >= 15 is 0 Å². The Morgan fingerprint density at radius 1 is 1.19 bits per heavy atom. The number of rotatable bonds is 2. The Labute approximate surface area is 159 Å². The fraction of sp³-hybridized carbons (Fsp3) is 0.250. The zero-order valence-electron chi connectivity index (χ0n) is 14.8. The molecule has 1 atom stereocenters. The fourth-order valence-corrected chi connectivity index (χ4v) is 4.70. The standard InChI is InChI=1S/C20H18N4O2S/c1-12-2-4-13(5-3-12)24-11-22-17-16-15(23-9-7-14(25)10-23)6-8-21-19(16)27-18(17)20(24)26/h2-6,8,11,14,25H,7,9-10H2,1H3/t14-/m1/s1. The summed E-state index contributed by atoms with van der Waals surface area (Å²) in [7, 11) is 0. The van der Waals surface area contributed by atoms with Crippen molar-refractivity contribution in [3.05, 3.63) is 58.8 Å². The number of aryl methyl sites for hydroxylation is 1. The van der Waals surface area contributed by atoms with Crippen LogP contribution in [0.2, 0.25) is 0 Å². The van der Waals surface area contributed by atoms with Crippen molar-refractivity contribution in [2.24, 2.45) is 0 Å². The van der Waals surface area contributed by atoms with Gasteiger partial charge < -0.3 is 10.0 Å². The van der Waals surface area contributed by atoms with Gasteiger partial charge >= 0.3 is 0 Å². The molecule has 0 bridgehead atoms. The molecule has 4 aromatic rings. The average Bonchev–Trinajstić information content (AvgIpc) is 3.27. The second-order valence-electron chi connectivity index (χ2n) is 6.93. The predicted octanol–water partition coefficient (Wildman–Crippen LogP) is 2.87. The molecule has 1 aliphatic rings. The van der Waals surface area contributed by atoms with Gasteiger partial charge in [0.05, 0.1) is 22.9 Å². The smallest absolute Gasteiger partial charge is 0.275 e. The monoisotopic (exact) mass is 378 g/mol. The molecule has 1 N–H and O–H groups in total. The first-order valence-electron chi connectivity index (χ1n) is 8.91. The summed E-state index contributed by atoms with van der Waals surface area (Å²) in [4.78, 5) is 25.2. The third-order valence-electron chi connectivity index (χ3n) is 5.08. The number of β-amino-alcohol motifs (C(OH)–C–C–N with tert-alkyl or cyclic N) is 1. The second-order valence-corrected chi connectivity index (χ2v) is 7.93. The molecule has 1 fully saturated rings. The van der Waals surface area contributed by atoms with E-state index in [1.54, 1.807) is 17.1 Å². The predicted molar refractivity (Wildman–Crippen MR) is 108 cm³/mol. The number of benzene rings is 1.